The van der Waals surface area contributed by atoms with Gasteiger partial charge in [0.05, 0.1) is 29.3 Å². The van der Waals surface area contributed by atoms with Crippen LogP contribution in [0.1, 0.15) is 31.4 Å². The first-order chi connectivity index (χ1) is 11.8. The molecule has 0 saturated carbocycles. The van der Waals surface area contributed by atoms with E-state index in [1.165, 1.54) is 0 Å². The van der Waals surface area contributed by atoms with E-state index in [1.807, 2.05) is 41.2 Å². The number of para-hydroxylation sites is 1. The molecule has 0 aliphatic carbocycles. The van der Waals surface area contributed by atoms with Gasteiger partial charge in [0.25, 0.3) is 0 Å². The monoisotopic (exact) mass is 328 g/mol. The zero-order valence-corrected chi connectivity index (χ0v) is 13.8. The third-order valence-corrected chi connectivity index (χ3v) is 5.27. The summed E-state index contributed by atoms with van der Waals surface area (Å²) in [5, 5.41) is 18.8. The lowest BCUT2D eigenvalue weighted by molar-refractivity contribution is -0.177. The zero-order chi connectivity index (χ0) is 16.4. The third-order valence-electron chi connectivity index (χ3n) is 5.27. The molecule has 1 N–H and O–H groups in total. The Morgan fingerprint density at radius 1 is 1.21 bits per heavy atom. The number of likely N-dealkylation sites (tertiary alicyclic amines) is 1. The number of hydrogen-bond donors (Lipinski definition) is 1. The topological polar surface area (TPSA) is 63.4 Å². The Morgan fingerprint density at radius 3 is 2.75 bits per heavy atom. The first kappa shape index (κ1) is 15.7. The largest absolute Gasteiger partial charge is 0.390 e. The fourth-order valence-electron chi connectivity index (χ4n) is 3.79. The molecule has 6 nitrogen and oxygen atoms in total. The van der Waals surface area contributed by atoms with E-state index in [0.717, 1.165) is 63.3 Å². The van der Waals surface area contributed by atoms with Crippen molar-refractivity contribution in [1.82, 2.24) is 19.9 Å². The van der Waals surface area contributed by atoms with Gasteiger partial charge in [0.2, 0.25) is 0 Å². The Hall–Kier alpha value is -1.76. The maximum atomic E-state index is 10.3. The van der Waals surface area contributed by atoms with Gasteiger partial charge in [-0.3, -0.25) is 4.90 Å². The van der Waals surface area contributed by atoms with Gasteiger partial charge in [-0.05, 0) is 37.8 Å². The van der Waals surface area contributed by atoms with Crippen molar-refractivity contribution in [3.8, 4) is 5.69 Å². The van der Waals surface area contributed by atoms with Gasteiger partial charge < -0.3 is 9.84 Å². The molecular formula is C18H24N4O2. The maximum Gasteiger partial charge on any atom is 0.0971 e. The molecule has 2 saturated heterocycles. The second-order valence-corrected chi connectivity index (χ2v) is 6.84. The van der Waals surface area contributed by atoms with Crippen LogP contribution >= 0.6 is 0 Å². The van der Waals surface area contributed by atoms with Crippen LogP contribution in [0.25, 0.3) is 5.69 Å². The molecule has 6 heteroatoms. The molecule has 2 fully saturated rings. The molecule has 1 aromatic heterocycles. The lowest BCUT2D eigenvalue weighted by Crippen LogP contribution is -2.55. The van der Waals surface area contributed by atoms with Crippen LogP contribution in [0.5, 0.6) is 0 Å². The first-order valence-corrected chi connectivity index (χ1v) is 8.76. The highest BCUT2D eigenvalue weighted by Crippen LogP contribution is 2.35. The Labute approximate surface area is 142 Å². The van der Waals surface area contributed by atoms with Crippen molar-refractivity contribution in [2.24, 2.45) is 0 Å². The van der Waals surface area contributed by atoms with Crippen LogP contribution in [0.3, 0.4) is 0 Å². The third kappa shape index (κ3) is 3.09. The molecule has 24 heavy (non-hydrogen) atoms. The summed E-state index contributed by atoms with van der Waals surface area (Å²) in [6, 6.07) is 10.0. The molecule has 0 unspecified atom stereocenters. The second kappa shape index (κ2) is 6.63. The predicted octanol–water partition coefficient (Wildman–Crippen LogP) is 1.77. The van der Waals surface area contributed by atoms with Crippen LogP contribution < -0.4 is 0 Å². The van der Waals surface area contributed by atoms with Crippen LogP contribution in [0.2, 0.25) is 0 Å². The minimum atomic E-state index is -0.313. The fraction of sp³-hybridized carbons (Fsp3) is 0.556. The average Bonchev–Trinajstić information content (AvgIpc) is 3.09. The SMILES string of the molecule is O[C@H]1CCCOC12CCN(Cc1cn(-c3ccccc3)nn1)CC2. The van der Waals surface area contributed by atoms with Crippen molar-refractivity contribution in [3.63, 3.8) is 0 Å². The molecule has 1 atom stereocenters. The minimum absolute atomic E-state index is 0.309. The average molecular weight is 328 g/mol. The maximum absolute atomic E-state index is 10.3. The van der Waals surface area contributed by atoms with E-state index in [4.69, 9.17) is 4.74 Å². The summed E-state index contributed by atoms with van der Waals surface area (Å²) < 4.78 is 7.78. The Bertz CT molecular complexity index is 665. The lowest BCUT2D eigenvalue weighted by atomic mass is 9.82. The molecule has 2 aromatic rings. The highest BCUT2D eigenvalue weighted by Gasteiger charge is 2.43. The molecule has 0 amide bonds. The zero-order valence-electron chi connectivity index (χ0n) is 13.8. The molecule has 128 valence electrons. The van der Waals surface area contributed by atoms with Gasteiger partial charge in [-0.2, -0.15) is 0 Å². The van der Waals surface area contributed by atoms with E-state index in [2.05, 4.69) is 15.2 Å². The van der Waals surface area contributed by atoms with Crippen molar-refractivity contribution in [2.75, 3.05) is 19.7 Å². The lowest BCUT2D eigenvalue weighted by Gasteiger charge is -2.46. The van der Waals surface area contributed by atoms with Crippen molar-refractivity contribution in [3.05, 3.63) is 42.2 Å². The number of aliphatic hydroxyl groups is 1. The number of piperidine rings is 1. The molecule has 3 heterocycles. The van der Waals surface area contributed by atoms with Crippen LogP contribution in [-0.4, -0.2) is 56.4 Å². The number of benzene rings is 1. The van der Waals surface area contributed by atoms with Crippen LogP contribution in [0, 0.1) is 0 Å². The Balaban J connectivity index is 1.37. The summed E-state index contributed by atoms with van der Waals surface area (Å²) in [7, 11) is 0. The number of hydrogen-bond acceptors (Lipinski definition) is 5. The molecular weight excluding hydrogens is 304 g/mol. The van der Waals surface area contributed by atoms with Gasteiger partial charge in [-0.15, -0.1) is 5.10 Å². The summed E-state index contributed by atoms with van der Waals surface area (Å²) in [4.78, 5) is 2.37. The standard InChI is InChI=1S/C18H24N4O2/c23-17-7-4-12-24-18(17)8-10-21(11-9-18)13-15-14-22(20-19-15)16-5-2-1-3-6-16/h1-3,5-6,14,17,23H,4,7-13H2/t17-/m0/s1. The highest BCUT2D eigenvalue weighted by atomic mass is 16.5. The van der Waals surface area contributed by atoms with E-state index in [9.17, 15) is 5.11 Å². The van der Waals surface area contributed by atoms with Gasteiger partial charge in [-0.1, -0.05) is 23.4 Å². The van der Waals surface area contributed by atoms with Gasteiger partial charge in [-0.25, -0.2) is 4.68 Å². The number of nitrogens with zero attached hydrogens (tertiary/aromatic N) is 4. The van der Waals surface area contributed by atoms with E-state index < -0.39 is 0 Å². The van der Waals surface area contributed by atoms with Crippen LogP contribution in [-0.2, 0) is 11.3 Å². The molecule has 4 rings (SSSR count). The molecule has 1 spiro atoms. The van der Waals surface area contributed by atoms with E-state index in [-0.39, 0.29) is 11.7 Å². The van der Waals surface area contributed by atoms with E-state index in [1.54, 1.807) is 0 Å². The van der Waals surface area contributed by atoms with Crippen molar-refractivity contribution in [1.29, 1.82) is 0 Å². The first-order valence-electron chi connectivity index (χ1n) is 8.76. The Kier molecular flexibility index (Phi) is 4.35. The molecule has 2 aliphatic rings. The number of ether oxygens (including phenoxy) is 1. The van der Waals surface area contributed by atoms with Gasteiger partial charge >= 0.3 is 0 Å². The Morgan fingerprint density at radius 2 is 2.00 bits per heavy atom. The number of aliphatic hydroxyl groups excluding tert-OH is 1. The smallest absolute Gasteiger partial charge is 0.0971 e. The van der Waals surface area contributed by atoms with Crippen molar-refractivity contribution >= 4 is 0 Å². The van der Waals surface area contributed by atoms with Crippen LogP contribution in [0.15, 0.2) is 36.5 Å². The van der Waals surface area contributed by atoms with Crippen LogP contribution in [0.4, 0.5) is 0 Å². The molecule has 1 aromatic carbocycles. The minimum Gasteiger partial charge on any atom is -0.390 e. The predicted molar refractivity (Wildman–Crippen MR) is 89.8 cm³/mol. The van der Waals surface area contributed by atoms with Crippen molar-refractivity contribution < 1.29 is 9.84 Å². The molecule has 0 bridgehead atoms. The summed E-state index contributed by atoms with van der Waals surface area (Å²) >= 11 is 0. The summed E-state index contributed by atoms with van der Waals surface area (Å²) in [6.45, 7) is 3.42. The molecule has 2 aliphatic heterocycles. The summed E-state index contributed by atoms with van der Waals surface area (Å²) in [5.41, 5.74) is 1.68. The number of aromatic nitrogens is 3. The summed E-state index contributed by atoms with van der Waals surface area (Å²) in [6.07, 6.45) is 5.29. The van der Waals surface area contributed by atoms with Crippen molar-refractivity contribution in [2.45, 2.75) is 43.9 Å². The van der Waals surface area contributed by atoms with Gasteiger partial charge in [0, 0.05) is 26.2 Å². The second-order valence-electron chi connectivity index (χ2n) is 6.84. The van der Waals surface area contributed by atoms with Gasteiger partial charge in [0.1, 0.15) is 0 Å². The number of rotatable bonds is 3. The summed E-state index contributed by atoms with van der Waals surface area (Å²) in [5.74, 6) is 0. The van der Waals surface area contributed by atoms with E-state index >= 15 is 0 Å². The highest BCUT2D eigenvalue weighted by molar-refractivity contribution is 5.29. The molecule has 0 radical (unpaired) electrons. The van der Waals surface area contributed by atoms with Gasteiger partial charge in [0.15, 0.2) is 0 Å². The quantitative estimate of drug-likeness (QED) is 0.930. The normalized spacial score (nSPS) is 24.3. The van der Waals surface area contributed by atoms with E-state index in [0.29, 0.717) is 0 Å². The fourth-order valence-corrected chi connectivity index (χ4v) is 3.79.